The van der Waals surface area contributed by atoms with Gasteiger partial charge in [0, 0.05) is 16.3 Å². The molecule has 0 radical (unpaired) electrons. The van der Waals surface area contributed by atoms with Crippen LogP contribution in [-0.4, -0.2) is 25.5 Å². The second-order valence-electron chi connectivity index (χ2n) is 4.83. The lowest BCUT2D eigenvalue weighted by molar-refractivity contribution is 0.555. The summed E-state index contributed by atoms with van der Waals surface area (Å²) in [4.78, 5) is 0.106. The van der Waals surface area contributed by atoms with Crippen molar-refractivity contribution in [3.63, 3.8) is 0 Å². The molecule has 0 aliphatic heterocycles. The molecule has 112 valence electrons. The van der Waals surface area contributed by atoms with E-state index in [0.717, 1.165) is 25.0 Å². The van der Waals surface area contributed by atoms with Crippen LogP contribution in [0.3, 0.4) is 0 Å². The maximum atomic E-state index is 12.4. The van der Waals surface area contributed by atoms with Crippen molar-refractivity contribution in [2.24, 2.45) is 0 Å². The summed E-state index contributed by atoms with van der Waals surface area (Å²) in [6.07, 6.45) is 2.99. The number of nitrogen functional groups attached to an aromatic ring is 1. The maximum Gasteiger partial charge on any atom is 0.242 e. The van der Waals surface area contributed by atoms with Crippen LogP contribution in [0, 0.1) is 0 Å². The monoisotopic (exact) mass is 334 g/mol. The van der Waals surface area contributed by atoms with E-state index >= 15 is 0 Å². The molecule has 0 spiro atoms. The number of thioether (sulfide) groups is 1. The normalized spacial score (nSPS) is 23.1. The fourth-order valence-corrected chi connectivity index (χ4v) is 5.39. The smallest absolute Gasteiger partial charge is 0.242 e. The quantitative estimate of drug-likeness (QED) is 0.812. The van der Waals surface area contributed by atoms with Gasteiger partial charge in [0.15, 0.2) is 0 Å². The molecule has 0 aromatic heterocycles. The summed E-state index contributed by atoms with van der Waals surface area (Å²) >= 11 is 7.61. The van der Waals surface area contributed by atoms with Crippen LogP contribution in [0.15, 0.2) is 23.1 Å². The van der Waals surface area contributed by atoms with Gasteiger partial charge >= 0.3 is 0 Å². The number of halogens is 1. The number of rotatable bonds is 5. The van der Waals surface area contributed by atoms with Crippen molar-refractivity contribution in [2.45, 2.75) is 42.4 Å². The molecule has 0 saturated heterocycles. The highest BCUT2D eigenvalue weighted by Gasteiger charge is 2.31. The first-order valence-electron chi connectivity index (χ1n) is 6.63. The predicted molar refractivity (Wildman–Crippen MR) is 85.7 cm³/mol. The molecule has 20 heavy (non-hydrogen) atoms. The Bertz CT molecular complexity index is 578. The van der Waals surface area contributed by atoms with Crippen LogP contribution in [0.2, 0.25) is 5.02 Å². The van der Waals surface area contributed by atoms with Crippen molar-refractivity contribution < 1.29 is 8.42 Å². The Morgan fingerprint density at radius 3 is 2.85 bits per heavy atom. The van der Waals surface area contributed by atoms with E-state index in [9.17, 15) is 8.42 Å². The molecule has 1 fully saturated rings. The zero-order valence-electron chi connectivity index (χ0n) is 11.3. The molecule has 7 heteroatoms. The van der Waals surface area contributed by atoms with Gasteiger partial charge in [-0.3, -0.25) is 0 Å². The van der Waals surface area contributed by atoms with Crippen LogP contribution in [0.5, 0.6) is 0 Å². The summed E-state index contributed by atoms with van der Waals surface area (Å²) in [6.45, 7) is 2.09. The molecule has 3 N–H and O–H groups in total. The van der Waals surface area contributed by atoms with Crippen molar-refractivity contribution in [1.82, 2.24) is 4.72 Å². The number of sulfonamides is 1. The number of nitrogens with one attached hydrogen (secondary N) is 1. The summed E-state index contributed by atoms with van der Waals surface area (Å²) in [5, 5.41) is 0.782. The lowest BCUT2D eigenvalue weighted by Gasteiger charge is -2.20. The molecule has 1 saturated carbocycles. The van der Waals surface area contributed by atoms with Crippen LogP contribution in [-0.2, 0) is 10.0 Å². The standard InChI is InChI=1S/C13H19ClN2O2S2/c1-2-19-12-5-3-4-11(12)16-20(17,18)13-7-6-9(14)8-10(13)15/h6-8,11-12,16H,2-5,15H2,1H3. The summed E-state index contributed by atoms with van der Waals surface area (Å²) in [7, 11) is -3.59. The third-order valence-electron chi connectivity index (χ3n) is 3.40. The van der Waals surface area contributed by atoms with Gasteiger partial charge in [0.25, 0.3) is 0 Å². The highest BCUT2D eigenvalue weighted by Crippen LogP contribution is 2.31. The average molecular weight is 335 g/mol. The topological polar surface area (TPSA) is 72.2 Å². The first-order chi connectivity index (χ1) is 9.44. The molecular formula is C13H19ClN2O2S2. The molecule has 2 atom stereocenters. The van der Waals surface area contributed by atoms with Crippen molar-refractivity contribution in [1.29, 1.82) is 0 Å². The highest BCUT2D eigenvalue weighted by molar-refractivity contribution is 8.00. The third-order valence-corrected chi connectivity index (χ3v) is 6.53. The van der Waals surface area contributed by atoms with Crippen LogP contribution in [0.25, 0.3) is 0 Å². The molecule has 1 aromatic carbocycles. The van der Waals surface area contributed by atoms with E-state index in [0.29, 0.717) is 10.3 Å². The van der Waals surface area contributed by atoms with Crippen LogP contribution in [0.4, 0.5) is 5.69 Å². The number of nitrogens with two attached hydrogens (primary N) is 1. The van der Waals surface area contributed by atoms with Gasteiger partial charge in [-0.05, 0) is 36.8 Å². The van der Waals surface area contributed by atoms with Gasteiger partial charge in [-0.2, -0.15) is 11.8 Å². The highest BCUT2D eigenvalue weighted by atomic mass is 35.5. The summed E-state index contributed by atoms with van der Waals surface area (Å²) in [6, 6.07) is 4.44. The molecule has 4 nitrogen and oxygen atoms in total. The van der Waals surface area contributed by atoms with Crippen molar-refractivity contribution in [3.05, 3.63) is 23.2 Å². The molecule has 2 rings (SSSR count). The number of hydrogen-bond donors (Lipinski definition) is 2. The van der Waals surface area contributed by atoms with E-state index in [1.165, 1.54) is 12.1 Å². The van der Waals surface area contributed by atoms with Gasteiger partial charge in [-0.15, -0.1) is 0 Å². The van der Waals surface area contributed by atoms with Crippen molar-refractivity contribution >= 4 is 39.1 Å². The molecule has 1 aliphatic carbocycles. The van der Waals surface area contributed by atoms with Crippen LogP contribution >= 0.6 is 23.4 Å². The Hall–Kier alpha value is -0.430. The summed E-state index contributed by atoms with van der Waals surface area (Å²) in [5.41, 5.74) is 5.95. The van der Waals surface area contributed by atoms with Gasteiger partial charge < -0.3 is 5.73 Å². The van der Waals surface area contributed by atoms with E-state index in [1.54, 1.807) is 6.07 Å². The fourth-order valence-electron chi connectivity index (χ4n) is 2.50. The third kappa shape index (κ3) is 3.61. The molecule has 1 aromatic rings. The summed E-state index contributed by atoms with van der Waals surface area (Å²) < 4.78 is 27.6. The van der Waals surface area contributed by atoms with Crippen LogP contribution in [0.1, 0.15) is 26.2 Å². The van der Waals surface area contributed by atoms with Crippen molar-refractivity contribution in [2.75, 3.05) is 11.5 Å². The van der Waals surface area contributed by atoms with E-state index in [4.69, 9.17) is 17.3 Å². The Labute approximate surface area is 129 Å². The zero-order valence-corrected chi connectivity index (χ0v) is 13.7. The predicted octanol–water partition coefficient (Wildman–Crippen LogP) is 2.87. The van der Waals surface area contributed by atoms with E-state index in [1.807, 2.05) is 11.8 Å². The van der Waals surface area contributed by atoms with E-state index < -0.39 is 10.0 Å². The Balaban J connectivity index is 2.18. The Kier molecular flexibility index (Phi) is 5.23. The lowest BCUT2D eigenvalue weighted by atomic mass is 10.3. The molecule has 0 amide bonds. The SMILES string of the molecule is CCSC1CCCC1NS(=O)(=O)c1ccc(Cl)cc1N. The van der Waals surface area contributed by atoms with Gasteiger partial charge in [0.1, 0.15) is 4.90 Å². The minimum Gasteiger partial charge on any atom is -0.398 e. The first-order valence-corrected chi connectivity index (χ1v) is 9.54. The minimum absolute atomic E-state index is 0.0139. The first kappa shape index (κ1) is 15.9. The molecule has 0 heterocycles. The fraction of sp³-hybridized carbons (Fsp3) is 0.538. The van der Waals surface area contributed by atoms with Gasteiger partial charge in [0.05, 0.1) is 5.69 Å². The molecular weight excluding hydrogens is 316 g/mol. The lowest BCUT2D eigenvalue weighted by Crippen LogP contribution is -2.39. The second-order valence-corrected chi connectivity index (χ2v) is 8.47. The number of hydrogen-bond acceptors (Lipinski definition) is 4. The van der Waals surface area contributed by atoms with Gasteiger partial charge in [-0.25, -0.2) is 13.1 Å². The second kappa shape index (κ2) is 6.56. The zero-order chi connectivity index (χ0) is 14.8. The number of benzene rings is 1. The molecule has 2 unspecified atom stereocenters. The maximum absolute atomic E-state index is 12.4. The molecule has 0 bridgehead atoms. The van der Waals surface area contributed by atoms with Gasteiger partial charge in [0.2, 0.25) is 10.0 Å². The van der Waals surface area contributed by atoms with E-state index in [2.05, 4.69) is 11.6 Å². The minimum atomic E-state index is -3.59. The largest absolute Gasteiger partial charge is 0.398 e. The summed E-state index contributed by atoms with van der Waals surface area (Å²) in [5.74, 6) is 0.992. The number of anilines is 1. The van der Waals surface area contributed by atoms with Crippen molar-refractivity contribution in [3.8, 4) is 0 Å². The molecule has 1 aliphatic rings. The average Bonchev–Trinajstić information content (AvgIpc) is 2.76. The van der Waals surface area contributed by atoms with Crippen LogP contribution < -0.4 is 10.5 Å². The Morgan fingerprint density at radius 1 is 1.45 bits per heavy atom. The van der Waals surface area contributed by atoms with E-state index in [-0.39, 0.29) is 16.6 Å². The van der Waals surface area contributed by atoms with Gasteiger partial charge in [-0.1, -0.05) is 24.9 Å². The Morgan fingerprint density at radius 2 is 2.20 bits per heavy atom.